The molecular formula is C12H12FN3. The van der Waals surface area contributed by atoms with E-state index in [0.29, 0.717) is 17.1 Å². The van der Waals surface area contributed by atoms with Crippen molar-refractivity contribution >= 4 is 5.82 Å². The SMILES string of the molecule is Cc1ccc(-c2ncnc(N)c2C)cc1F. The number of hydrogen-bond donors (Lipinski definition) is 1. The molecule has 0 aliphatic carbocycles. The van der Waals surface area contributed by atoms with Crippen molar-refractivity contribution in [3.8, 4) is 11.3 Å². The molecule has 2 N–H and O–H groups in total. The van der Waals surface area contributed by atoms with Crippen molar-refractivity contribution in [2.45, 2.75) is 13.8 Å². The monoisotopic (exact) mass is 217 g/mol. The summed E-state index contributed by atoms with van der Waals surface area (Å²) in [5, 5.41) is 0. The zero-order valence-corrected chi connectivity index (χ0v) is 9.16. The standard InChI is InChI=1S/C12H12FN3/c1-7-3-4-9(5-10(7)13)11-8(2)12(14)16-6-15-11/h3-6H,1-2H3,(H2,14,15,16). The largest absolute Gasteiger partial charge is 0.383 e. The third-order valence-corrected chi connectivity index (χ3v) is 2.57. The number of nitrogens with zero attached hydrogens (tertiary/aromatic N) is 2. The minimum absolute atomic E-state index is 0.242. The van der Waals surface area contributed by atoms with Gasteiger partial charge in [0.2, 0.25) is 0 Å². The van der Waals surface area contributed by atoms with Crippen LogP contribution in [0.15, 0.2) is 24.5 Å². The van der Waals surface area contributed by atoms with Crippen molar-refractivity contribution < 1.29 is 4.39 Å². The van der Waals surface area contributed by atoms with Gasteiger partial charge in [0.1, 0.15) is 18.0 Å². The first kappa shape index (κ1) is 10.5. The molecule has 0 aliphatic rings. The van der Waals surface area contributed by atoms with Crippen molar-refractivity contribution in [1.82, 2.24) is 9.97 Å². The molecule has 0 saturated carbocycles. The lowest BCUT2D eigenvalue weighted by Crippen LogP contribution is -1.98. The lowest BCUT2D eigenvalue weighted by molar-refractivity contribution is 0.619. The van der Waals surface area contributed by atoms with Crippen LogP contribution >= 0.6 is 0 Å². The summed E-state index contributed by atoms with van der Waals surface area (Å²) >= 11 is 0. The average Bonchev–Trinajstić information content (AvgIpc) is 2.26. The normalized spacial score (nSPS) is 10.4. The Hall–Kier alpha value is -1.97. The van der Waals surface area contributed by atoms with E-state index >= 15 is 0 Å². The zero-order valence-electron chi connectivity index (χ0n) is 9.16. The van der Waals surface area contributed by atoms with Crippen LogP contribution in [0.2, 0.25) is 0 Å². The molecular weight excluding hydrogens is 205 g/mol. The molecule has 2 rings (SSSR count). The second-order valence-corrected chi connectivity index (χ2v) is 3.70. The van der Waals surface area contributed by atoms with Crippen LogP contribution in [-0.2, 0) is 0 Å². The van der Waals surface area contributed by atoms with E-state index in [4.69, 9.17) is 5.73 Å². The summed E-state index contributed by atoms with van der Waals surface area (Å²) < 4.78 is 13.4. The van der Waals surface area contributed by atoms with E-state index in [1.54, 1.807) is 13.0 Å². The highest BCUT2D eigenvalue weighted by Gasteiger charge is 2.08. The van der Waals surface area contributed by atoms with Crippen LogP contribution < -0.4 is 5.73 Å². The number of rotatable bonds is 1. The molecule has 0 aliphatic heterocycles. The predicted octanol–water partition coefficient (Wildman–Crippen LogP) is 2.48. The van der Waals surface area contributed by atoms with Crippen LogP contribution in [0.5, 0.6) is 0 Å². The zero-order chi connectivity index (χ0) is 11.7. The van der Waals surface area contributed by atoms with Gasteiger partial charge in [0, 0.05) is 11.1 Å². The van der Waals surface area contributed by atoms with Crippen LogP contribution in [0.3, 0.4) is 0 Å². The molecule has 16 heavy (non-hydrogen) atoms. The van der Waals surface area contributed by atoms with Gasteiger partial charge in [0.25, 0.3) is 0 Å². The maximum Gasteiger partial charge on any atom is 0.130 e. The Kier molecular flexibility index (Phi) is 2.56. The molecule has 1 heterocycles. The second kappa shape index (κ2) is 3.89. The van der Waals surface area contributed by atoms with E-state index in [2.05, 4.69) is 9.97 Å². The maximum absolute atomic E-state index is 13.4. The van der Waals surface area contributed by atoms with Gasteiger partial charge in [-0.05, 0) is 25.5 Å². The predicted molar refractivity (Wildman–Crippen MR) is 61.3 cm³/mol. The van der Waals surface area contributed by atoms with Crippen LogP contribution in [0.1, 0.15) is 11.1 Å². The topological polar surface area (TPSA) is 51.8 Å². The van der Waals surface area contributed by atoms with E-state index in [-0.39, 0.29) is 5.82 Å². The Morgan fingerprint density at radius 2 is 1.94 bits per heavy atom. The number of benzene rings is 1. The van der Waals surface area contributed by atoms with E-state index in [1.807, 2.05) is 13.0 Å². The third kappa shape index (κ3) is 1.74. The Labute approximate surface area is 93.2 Å². The summed E-state index contributed by atoms with van der Waals surface area (Å²) in [6, 6.07) is 5.01. The molecule has 4 heteroatoms. The molecule has 0 unspecified atom stereocenters. The highest BCUT2D eigenvalue weighted by atomic mass is 19.1. The summed E-state index contributed by atoms with van der Waals surface area (Å²) in [5.74, 6) is 0.181. The summed E-state index contributed by atoms with van der Waals surface area (Å²) in [4.78, 5) is 8.00. The molecule has 1 aromatic carbocycles. The fourth-order valence-corrected chi connectivity index (χ4v) is 1.49. The molecule has 0 spiro atoms. The average molecular weight is 217 g/mol. The van der Waals surface area contributed by atoms with Crippen molar-refractivity contribution in [3.63, 3.8) is 0 Å². The van der Waals surface area contributed by atoms with E-state index in [9.17, 15) is 4.39 Å². The Bertz CT molecular complexity index is 538. The fraction of sp³-hybridized carbons (Fsp3) is 0.167. The number of nitrogen functional groups attached to an aromatic ring is 1. The van der Waals surface area contributed by atoms with Crippen molar-refractivity contribution in [2.75, 3.05) is 5.73 Å². The van der Waals surface area contributed by atoms with Crippen LogP contribution in [0.25, 0.3) is 11.3 Å². The Morgan fingerprint density at radius 3 is 2.62 bits per heavy atom. The number of nitrogens with two attached hydrogens (primary N) is 1. The second-order valence-electron chi connectivity index (χ2n) is 3.70. The van der Waals surface area contributed by atoms with Gasteiger partial charge < -0.3 is 5.73 Å². The molecule has 0 amide bonds. The van der Waals surface area contributed by atoms with E-state index in [1.165, 1.54) is 12.4 Å². The minimum atomic E-state index is -0.242. The molecule has 82 valence electrons. The molecule has 0 atom stereocenters. The summed E-state index contributed by atoms with van der Waals surface area (Å²) in [5.41, 5.74) is 8.45. The smallest absolute Gasteiger partial charge is 0.130 e. The molecule has 0 bridgehead atoms. The van der Waals surface area contributed by atoms with Gasteiger partial charge >= 0.3 is 0 Å². The maximum atomic E-state index is 13.4. The van der Waals surface area contributed by atoms with Gasteiger partial charge in [-0.15, -0.1) is 0 Å². The molecule has 0 fully saturated rings. The Balaban J connectivity index is 2.59. The van der Waals surface area contributed by atoms with Gasteiger partial charge in [-0.3, -0.25) is 0 Å². The van der Waals surface area contributed by atoms with Gasteiger partial charge in [-0.2, -0.15) is 0 Å². The Morgan fingerprint density at radius 1 is 1.19 bits per heavy atom. The fourth-order valence-electron chi connectivity index (χ4n) is 1.49. The summed E-state index contributed by atoms with van der Waals surface area (Å²) in [7, 11) is 0. The van der Waals surface area contributed by atoms with Gasteiger partial charge in [-0.1, -0.05) is 12.1 Å². The molecule has 0 saturated heterocycles. The van der Waals surface area contributed by atoms with Crippen molar-refractivity contribution in [2.24, 2.45) is 0 Å². The van der Waals surface area contributed by atoms with Gasteiger partial charge in [0.15, 0.2) is 0 Å². The van der Waals surface area contributed by atoms with Gasteiger partial charge in [0.05, 0.1) is 5.69 Å². The summed E-state index contributed by atoms with van der Waals surface area (Å²) in [6.45, 7) is 3.54. The highest BCUT2D eigenvalue weighted by Crippen LogP contribution is 2.24. The van der Waals surface area contributed by atoms with Crippen molar-refractivity contribution in [3.05, 3.63) is 41.5 Å². The molecule has 2 aromatic rings. The number of halogens is 1. The lowest BCUT2D eigenvalue weighted by atomic mass is 10.1. The molecule has 3 nitrogen and oxygen atoms in total. The van der Waals surface area contributed by atoms with Crippen LogP contribution in [-0.4, -0.2) is 9.97 Å². The summed E-state index contributed by atoms with van der Waals surface area (Å²) in [6.07, 6.45) is 1.38. The first-order valence-corrected chi connectivity index (χ1v) is 4.93. The van der Waals surface area contributed by atoms with Crippen LogP contribution in [0, 0.1) is 19.7 Å². The van der Waals surface area contributed by atoms with Gasteiger partial charge in [-0.25, -0.2) is 14.4 Å². The number of aryl methyl sites for hydroxylation is 1. The number of hydrogen-bond acceptors (Lipinski definition) is 3. The van der Waals surface area contributed by atoms with Crippen LogP contribution in [0.4, 0.5) is 10.2 Å². The number of anilines is 1. The van der Waals surface area contributed by atoms with Crippen molar-refractivity contribution in [1.29, 1.82) is 0 Å². The molecule has 1 aromatic heterocycles. The number of aromatic nitrogens is 2. The minimum Gasteiger partial charge on any atom is -0.383 e. The molecule has 0 radical (unpaired) electrons. The first-order valence-electron chi connectivity index (χ1n) is 4.93. The third-order valence-electron chi connectivity index (χ3n) is 2.57. The van der Waals surface area contributed by atoms with E-state index in [0.717, 1.165) is 11.1 Å². The highest BCUT2D eigenvalue weighted by molar-refractivity contribution is 5.67. The first-order chi connectivity index (χ1) is 7.59. The van der Waals surface area contributed by atoms with E-state index < -0.39 is 0 Å². The quantitative estimate of drug-likeness (QED) is 0.798. The lowest BCUT2D eigenvalue weighted by Gasteiger charge is -2.07.